The lowest BCUT2D eigenvalue weighted by atomic mass is 9.98. The second-order valence-corrected chi connectivity index (χ2v) is 7.67. The maximum Gasteiger partial charge on any atom is 0.281 e. The van der Waals surface area contributed by atoms with Gasteiger partial charge in [-0.2, -0.15) is 17.0 Å². The van der Waals surface area contributed by atoms with Crippen LogP contribution in [-0.4, -0.2) is 57.3 Å². The first kappa shape index (κ1) is 14.2. The summed E-state index contributed by atoms with van der Waals surface area (Å²) < 4.78 is 27.9. The molecule has 2 rings (SSSR count). The molecule has 106 valence electrons. The van der Waals surface area contributed by atoms with Crippen LogP contribution in [0.1, 0.15) is 25.7 Å². The minimum absolute atomic E-state index is 0.603. The zero-order valence-electron chi connectivity index (χ0n) is 11.4. The topological polar surface area (TPSA) is 52.7 Å². The Kier molecular flexibility index (Phi) is 4.64. The first-order valence-corrected chi connectivity index (χ1v) is 8.29. The van der Waals surface area contributed by atoms with E-state index in [0.717, 1.165) is 19.4 Å². The Morgan fingerprint density at radius 2 is 1.78 bits per heavy atom. The largest absolute Gasteiger partial charge is 0.319 e. The lowest BCUT2D eigenvalue weighted by Crippen LogP contribution is -2.47. The van der Waals surface area contributed by atoms with Gasteiger partial charge in [0.05, 0.1) is 0 Å². The van der Waals surface area contributed by atoms with Gasteiger partial charge in [0.15, 0.2) is 0 Å². The number of piperidine rings is 1. The molecule has 1 N–H and O–H groups in total. The average molecular weight is 275 g/mol. The number of hydrogen-bond acceptors (Lipinski definition) is 3. The summed E-state index contributed by atoms with van der Waals surface area (Å²) in [6.07, 6.45) is 4.31. The van der Waals surface area contributed by atoms with Gasteiger partial charge in [-0.1, -0.05) is 0 Å². The Balaban J connectivity index is 1.86. The number of nitrogens with one attached hydrogen (secondary N) is 1. The van der Waals surface area contributed by atoms with Gasteiger partial charge in [0, 0.05) is 26.7 Å². The molecule has 1 aliphatic carbocycles. The molecular formula is C12H25N3O2S. The van der Waals surface area contributed by atoms with Crippen LogP contribution in [0.3, 0.4) is 0 Å². The molecule has 1 saturated heterocycles. The van der Waals surface area contributed by atoms with Gasteiger partial charge in [0.2, 0.25) is 0 Å². The molecule has 0 atom stereocenters. The van der Waals surface area contributed by atoms with E-state index in [4.69, 9.17) is 0 Å². The highest BCUT2D eigenvalue weighted by Crippen LogP contribution is 2.30. The van der Waals surface area contributed by atoms with Crippen molar-refractivity contribution >= 4 is 10.2 Å². The van der Waals surface area contributed by atoms with Gasteiger partial charge in [0.25, 0.3) is 10.2 Å². The summed E-state index contributed by atoms with van der Waals surface area (Å²) >= 11 is 0. The minimum Gasteiger partial charge on any atom is -0.319 e. The number of rotatable bonds is 6. The second-order valence-electron chi connectivity index (χ2n) is 5.63. The van der Waals surface area contributed by atoms with Gasteiger partial charge in [-0.3, -0.25) is 0 Å². The summed E-state index contributed by atoms with van der Waals surface area (Å²) in [6.45, 7) is 3.03. The second kappa shape index (κ2) is 5.86. The summed E-state index contributed by atoms with van der Waals surface area (Å²) in [6, 6.07) is 0. The molecule has 0 aromatic carbocycles. The van der Waals surface area contributed by atoms with E-state index in [-0.39, 0.29) is 0 Å². The van der Waals surface area contributed by atoms with Crippen molar-refractivity contribution in [1.82, 2.24) is 13.9 Å². The van der Waals surface area contributed by atoms with Gasteiger partial charge in [0.1, 0.15) is 0 Å². The fraction of sp³-hybridized carbons (Fsp3) is 1.00. The zero-order chi connectivity index (χ0) is 13.2. The molecule has 0 aromatic rings. The van der Waals surface area contributed by atoms with Gasteiger partial charge < -0.3 is 5.32 Å². The molecule has 0 aromatic heterocycles. The maximum absolute atomic E-state index is 12.3. The molecular weight excluding hydrogens is 250 g/mol. The van der Waals surface area contributed by atoms with Crippen LogP contribution in [0, 0.1) is 11.8 Å². The molecule has 0 amide bonds. The highest BCUT2D eigenvalue weighted by Gasteiger charge is 2.33. The van der Waals surface area contributed by atoms with Crippen molar-refractivity contribution < 1.29 is 8.42 Å². The fourth-order valence-electron chi connectivity index (χ4n) is 2.59. The first-order chi connectivity index (χ1) is 8.54. The molecule has 0 bridgehead atoms. The van der Waals surface area contributed by atoms with Gasteiger partial charge in [-0.15, -0.1) is 0 Å². The third-order valence-corrected chi connectivity index (χ3v) is 5.95. The van der Waals surface area contributed by atoms with E-state index >= 15 is 0 Å². The molecule has 5 nitrogen and oxygen atoms in total. The Hall–Kier alpha value is -0.170. The molecule has 6 heteroatoms. The van der Waals surface area contributed by atoms with Gasteiger partial charge in [-0.05, 0) is 51.1 Å². The SMILES string of the molecule is CNCC1CCN(S(=O)(=O)N(C)CC2CC2)CC1. The molecule has 0 unspecified atom stereocenters. The number of hydrogen-bond donors (Lipinski definition) is 1. The highest BCUT2D eigenvalue weighted by atomic mass is 32.2. The normalized spacial score (nSPS) is 23.7. The molecule has 18 heavy (non-hydrogen) atoms. The van der Waals surface area contributed by atoms with Crippen molar-refractivity contribution in [2.45, 2.75) is 25.7 Å². The van der Waals surface area contributed by atoms with Crippen LogP contribution in [-0.2, 0) is 10.2 Å². The Morgan fingerprint density at radius 1 is 1.17 bits per heavy atom. The van der Waals surface area contributed by atoms with E-state index in [1.807, 2.05) is 7.05 Å². The van der Waals surface area contributed by atoms with Crippen molar-refractivity contribution in [3.05, 3.63) is 0 Å². The molecule has 2 aliphatic rings. The predicted molar refractivity (Wildman–Crippen MR) is 72.5 cm³/mol. The molecule has 1 aliphatic heterocycles. The zero-order valence-corrected chi connectivity index (χ0v) is 12.2. The van der Waals surface area contributed by atoms with E-state index in [0.29, 0.717) is 31.5 Å². The van der Waals surface area contributed by atoms with Crippen molar-refractivity contribution in [3.8, 4) is 0 Å². The first-order valence-electron chi connectivity index (χ1n) is 6.90. The van der Waals surface area contributed by atoms with Gasteiger partial charge in [-0.25, -0.2) is 0 Å². The third kappa shape index (κ3) is 3.44. The van der Waals surface area contributed by atoms with Crippen molar-refractivity contribution in [2.24, 2.45) is 11.8 Å². The van der Waals surface area contributed by atoms with E-state index < -0.39 is 10.2 Å². The average Bonchev–Trinajstić information content (AvgIpc) is 3.14. The van der Waals surface area contributed by atoms with Crippen molar-refractivity contribution in [3.63, 3.8) is 0 Å². The van der Waals surface area contributed by atoms with Crippen LogP contribution < -0.4 is 5.32 Å². The smallest absolute Gasteiger partial charge is 0.281 e. The Bertz CT molecular complexity index is 360. The molecule has 2 fully saturated rings. The predicted octanol–water partition coefficient (Wildman–Crippen LogP) is 0.504. The van der Waals surface area contributed by atoms with Crippen LogP contribution in [0.5, 0.6) is 0 Å². The van der Waals surface area contributed by atoms with E-state index in [1.54, 1.807) is 15.7 Å². The summed E-state index contributed by atoms with van der Waals surface area (Å²) in [5.74, 6) is 1.22. The maximum atomic E-state index is 12.3. The third-order valence-electron chi connectivity index (χ3n) is 4.00. The summed E-state index contributed by atoms with van der Waals surface area (Å²) in [4.78, 5) is 0. The molecule has 1 heterocycles. The lowest BCUT2D eigenvalue weighted by molar-refractivity contribution is 0.255. The van der Waals surface area contributed by atoms with Gasteiger partial charge >= 0.3 is 0 Å². The monoisotopic (exact) mass is 275 g/mol. The van der Waals surface area contributed by atoms with Crippen molar-refractivity contribution in [2.75, 3.05) is 40.3 Å². The molecule has 0 spiro atoms. The van der Waals surface area contributed by atoms with Crippen LogP contribution in [0.15, 0.2) is 0 Å². The van der Waals surface area contributed by atoms with Crippen LogP contribution in [0.25, 0.3) is 0 Å². The van der Waals surface area contributed by atoms with Crippen LogP contribution in [0.2, 0.25) is 0 Å². The quantitative estimate of drug-likeness (QED) is 0.768. The standard InChI is InChI=1S/C12H25N3O2S/c1-13-9-11-5-7-15(8-6-11)18(16,17)14(2)10-12-3-4-12/h11-13H,3-10H2,1-2H3. The van der Waals surface area contributed by atoms with E-state index in [1.165, 1.54) is 12.8 Å². The summed E-state index contributed by atoms with van der Waals surface area (Å²) in [5, 5.41) is 3.17. The minimum atomic E-state index is -3.21. The molecule has 0 radical (unpaired) electrons. The number of nitrogens with zero attached hydrogens (tertiary/aromatic N) is 2. The highest BCUT2D eigenvalue weighted by molar-refractivity contribution is 7.86. The van der Waals surface area contributed by atoms with Crippen molar-refractivity contribution in [1.29, 1.82) is 0 Å². The molecule has 1 saturated carbocycles. The Labute approximate surface area is 111 Å². The fourth-order valence-corrected chi connectivity index (χ4v) is 4.05. The summed E-state index contributed by atoms with van der Waals surface area (Å²) in [5.41, 5.74) is 0. The Morgan fingerprint density at radius 3 is 2.28 bits per heavy atom. The van der Waals surface area contributed by atoms with E-state index in [9.17, 15) is 8.42 Å². The summed E-state index contributed by atoms with van der Waals surface area (Å²) in [7, 11) is 0.457. The van der Waals surface area contributed by atoms with E-state index in [2.05, 4.69) is 5.32 Å². The lowest BCUT2D eigenvalue weighted by Gasteiger charge is -2.33. The van der Waals surface area contributed by atoms with Crippen LogP contribution in [0.4, 0.5) is 0 Å². The van der Waals surface area contributed by atoms with Crippen LogP contribution >= 0.6 is 0 Å².